The van der Waals surface area contributed by atoms with Crippen LogP contribution in [0, 0.1) is 11.8 Å². The van der Waals surface area contributed by atoms with Crippen LogP contribution in [-0.2, 0) is 12.8 Å². The molecule has 1 aliphatic rings. The summed E-state index contributed by atoms with van der Waals surface area (Å²) in [5.41, 5.74) is 3.02. The third-order valence-corrected chi connectivity index (χ3v) is 3.92. The molecule has 1 aromatic rings. The minimum Gasteiger partial charge on any atom is -0.314 e. The summed E-state index contributed by atoms with van der Waals surface area (Å²) in [6.07, 6.45) is 5.15. The van der Waals surface area contributed by atoms with E-state index < -0.39 is 0 Å². The van der Waals surface area contributed by atoms with Crippen molar-refractivity contribution in [3.05, 3.63) is 35.4 Å². The molecule has 1 saturated heterocycles. The Bertz CT molecular complexity index is 362. The molecule has 1 N–H and O–H groups in total. The Morgan fingerprint density at radius 1 is 1.22 bits per heavy atom. The van der Waals surface area contributed by atoms with E-state index in [4.69, 9.17) is 0 Å². The molecule has 1 aliphatic heterocycles. The minimum absolute atomic E-state index is 0.716. The molecular formula is C17H27N. The summed E-state index contributed by atoms with van der Waals surface area (Å²) in [6, 6.07) is 9.92. The number of benzene rings is 1. The lowest BCUT2D eigenvalue weighted by Gasteiger charge is -2.27. The molecule has 0 saturated carbocycles. The molecule has 0 amide bonds. The van der Waals surface area contributed by atoms with E-state index in [-0.39, 0.29) is 0 Å². The minimum atomic E-state index is 0.716. The van der Waals surface area contributed by atoms with Gasteiger partial charge in [0.05, 0.1) is 0 Å². The average molecular weight is 245 g/mol. The van der Waals surface area contributed by atoms with Crippen molar-refractivity contribution < 1.29 is 0 Å². The van der Waals surface area contributed by atoms with Crippen LogP contribution in [0.2, 0.25) is 0 Å². The van der Waals surface area contributed by atoms with Crippen LogP contribution in [-0.4, -0.2) is 12.6 Å². The smallest absolute Gasteiger partial charge is 0.00389 e. The first-order valence-electron chi connectivity index (χ1n) is 7.44. The maximum absolute atomic E-state index is 3.60. The molecule has 1 aromatic carbocycles. The summed E-state index contributed by atoms with van der Waals surface area (Å²) in [5, 5.41) is 3.60. The second-order valence-electron chi connectivity index (χ2n) is 6.37. The van der Waals surface area contributed by atoms with Crippen molar-refractivity contribution in [1.29, 1.82) is 0 Å². The second-order valence-corrected chi connectivity index (χ2v) is 6.37. The van der Waals surface area contributed by atoms with Gasteiger partial charge < -0.3 is 5.32 Å². The third kappa shape index (κ3) is 4.13. The number of nitrogens with one attached hydrogen (secondary N) is 1. The van der Waals surface area contributed by atoms with Gasteiger partial charge >= 0.3 is 0 Å². The summed E-state index contributed by atoms with van der Waals surface area (Å²) in [4.78, 5) is 0. The fourth-order valence-electron chi connectivity index (χ4n) is 2.92. The van der Waals surface area contributed by atoms with Gasteiger partial charge in [0.1, 0.15) is 0 Å². The summed E-state index contributed by atoms with van der Waals surface area (Å²) in [6.45, 7) is 8.06. The number of hydrogen-bond acceptors (Lipinski definition) is 1. The fourth-order valence-corrected chi connectivity index (χ4v) is 2.92. The van der Waals surface area contributed by atoms with Crippen molar-refractivity contribution in [2.75, 3.05) is 6.54 Å². The molecule has 0 bridgehead atoms. The zero-order valence-corrected chi connectivity index (χ0v) is 12.1. The van der Waals surface area contributed by atoms with Gasteiger partial charge in [-0.2, -0.15) is 0 Å². The van der Waals surface area contributed by atoms with Gasteiger partial charge in [-0.05, 0) is 62.1 Å². The first-order chi connectivity index (χ1) is 8.63. The van der Waals surface area contributed by atoms with E-state index >= 15 is 0 Å². The van der Waals surface area contributed by atoms with E-state index in [9.17, 15) is 0 Å². The van der Waals surface area contributed by atoms with Gasteiger partial charge in [-0.1, -0.05) is 38.1 Å². The Balaban J connectivity index is 1.92. The molecule has 1 nitrogen and oxygen atoms in total. The highest BCUT2D eigenvalue weighted by molar-refractivity contribution is 5.24. The Kier molecular flexibility index (Phi) is 4.82. The van der Waals surface area contributed by atoms with E-state index in [1.807, 2.05) is 0 Å². The molecular weight excluding hydrogens is 218 g/mol. The SMILES string of the molecule is CC(C)Cc1cccc(CC2CCC(C)NC2)c1. The predicted octanol–water partition coefficient (Wildman–Crippen LogP) is 3.82. The van der Waals surface area contributed by atoms with Crippen molar-refractivity contribution >= 4 is 0 Å². The summed E-state index contributed by atoms with van der Waals surface area (Å²) in [7, 11) is 0. The van der Waals surface area contributed by atoms with E-state index in [0.29, 0.717) is 6.04 Å². The summed E-state index contributed by atoms with van der Waals surface area (Å²) in [5.74, 6) is 1.58. The normalized spacial score (nSPS) is 24.4. The van der Waals surface area contributed by atoms with Crippen LogP contribution in [0.25, 0.3) is 0 Å². The van der Waals surface area contributed by atoms with Gasteiger partial charge in [0.2, 0.25) is 0 Å². The van der Waals surface area contributed by atoms with Gasteiger partial charge in [0.15, 0.2) is 0 Å². The van der Waals surface area contributed by atoms with Crippen LogP contribution >= 0.6 is 0 Å². The second kappa shape index (κ2) is 6.38. The lowest BCUT2D eigenvalue weighted by atomic mass is 9.89. The van der Waals surface area contributed by atoms with Crippen molar-refractivity contribution in [2.45, 2.75) is 52.5 Å². The highest BCUT2D eigenvalue weighted by Crippen LogP contribution is 2.20. The zero-order valence-electron chi connectivity index (χ0n) is 12.1. The highest BCUT2D eigenvalue weighted by Gasteiger charge is 2.17. The Labute approximate surface area is 112 Å². The number of piperidine rings is 1. The molecule has 0 spiro atoms. The topological polar surface area (TPSA) is 12.0 Å². The number of rotatable bonds is 4. The molecule has 2 rings (SSSR count). The first-order valence-corrected chi connectivity index (χ1v) is 7.44. The van der Waals surface area contributed by atoms with Gasteiger partial charge in [-0.25, -0.2) is 0 Å². The first kappa shape index (κ1) is 13.6. The molecule has 1 heteroatoms. The van der Waals surface area contributed by atoms with Gasteiger partial charge in [-0.3, -0.25) is 0 Å². The van der Waals surface area contributed by atoms with Crippen LogP contribution < -0.4 is 5.32 Å². The third-order valence-electron chi connectivity index (χ3n) is 3.92. The standard InChI is InChI=1S/C17H27N/c1-13(2)9-15-5-4-6-16(10-15)11-17-8-7-14(3)18-12-17/h4-6,10,13-14,17-18H,7-9,11-12H2,1-3H3. The van der Waals surface area contributed by atoms with Crippen LogP contribution in [0.3, 0.4) is 0 Å². The predicted molar refractivity (Wildman–Crippen MR) is 78.9 cm³/mol. The molecule has 0 aliphatic carbocycles. The lowest BCUT2D eigenvalue weighted by Crippen LogP contribution is -2.37. The molecule has 1 fully saturated rings. The molecule has 2 atom stereocenters. The quantitative estimate of drug-likeness (QED) is 0.850. The van der Waals surface area contributed by atoms with Gasteiger partial charge in [-0.15, -0.1) is 0 Å². The average Bonchev–Trinajstić information content (AvgIpc) is 2.32. The summed E-state index contributed by atoms with van der Waals surface area (Å²) >= 11 is 0. The molecule has 100 valence electrons. The molecule has 2 unspecified atom stereocenters. The fraction of sp³-hybridized carbons (Fsp3) is 0.647. The van der Waals surface area contributed by atoms with Crippen molar-refractivity contribution in [3.8, 4) is 0 Å². The molecule has 0 radical (unpaired) electrons. The van der Waals surface area contributed by atoms with Crippen molar-refractivity contribution in [3.63, 3.8) is 0 Å². The lowest BCUT2D eigenvalue weighted by molar-refractivity contribution is 0.322. The van der Waals surface area contributed by atoms with E-state index in [1.165, 1.54) is 43.4 Å². The molecule has 0 aromatic heterocycles. The summed E-state index contributed by atoms with van der Waals surface area (Å²) < 4.78 is 0. The van der Waals surface area contributed by atoms with E-state index in [0.717, 1.165) is 11.8 Å². The Morgan fingerprint density at radius 2 is 2.00 bits per heavy atom. The van der Waals surface area contributed by atoms with Crippen molar-refractivity contribution in [2.24, 2.45) is 11.8 Å². The number of hydrogen-bond donors (Lipinski definition) is 1. The maximum Gasteiger partial charge on any atom is 0.00389 e. The maximum atomic E-state index is 3.60. The van der Waals surface area contributed by atoms with Gasteiger partial charge in [0.25, 0.3) is 0 Å². The largest absolute Gasteiger partial charge is 0.314 e. The van der Waals surface area contributed by atoms with E-state index in [2.05, 4.69) is 50.4 Å². The van der Waals surface area contributed by atoms with Crippen LogP contribution in [0.1, 0.15) is 44.7 Å². The van der Waals surface area contributed by atoms with E-state index in [1.54, 1.807) is 0 Å². The zero-order chi connectivity index (χ0) is 13.0. The van der Waals surface area contributed by atoms with Crippen molar-refractivity contribution in [1.82, 2.24) is 5.32 Å². The Hall–Kier alpha value is -0.820. The molecule has 1 heterocycles. The van der Waals surface area contributed by atoms with Gasteiger partial charge in [0, 0.05) is 6.04 Å². The molecule has 18 heavy (non-hydrogen) atoms. The monoisotopic (exact) mass is 245 g/mol. The highest BCUT2D eigenvalue weighted by atomic mass is 14.9. The Morgan fingerprint density at radius 3 is 2.67 bits per heavy atom. The van der Waals surface area contributed by atoms with Crippen LogP contribution in [0.5, 0.6) is 0 Å². The van der Waals surface area contributed by atoms with Crippen LogP contribution in [0.4, 0.5) is 0 Å². The van der Waals surface area contributed by atoms with Crippen LogP contribution in [0.15, 0.2) is 24.3 Å².